The molecule has 0 amide bonds. The van der Waals surface area contributed by atoms with Crippen molar-refractivity contribution >= 4 is 0 Å². The lowest BCUT2D eigenvalue weighted by Gasteiger charge is -2.57. The topological polar surface area (TPSA) is 20.2 Å². The molecule has 0 unspecified atom stereocenters. The van der Waals surface area contributed by atoms with Crippen LogP contribution in [-0.4, -0.2) is 10.7 Å². The smallest absolute Gasteiger partial charge is 0.0622 e. The van der Waals surface area contributed by atoms with Crippen LogP contribution in [-0.2, 0) is 0 Å². The van der Waals surface area contributed by atoms with Gasteiger partial charge in [-0.1, -0.05) is 18.6 Å². The third kappa shape index (κ3) is 1.95. The van der Waals surface area contributed by atoms with Gasteiger partial charge in [-0.25, -0.2) is 0 Å². The van der Waals surface area contributed by atoms with Crippen molar-refractivity contribution in [2.45, 2.75) is 77.7 Å². The predicted octanol–water partition coefficient (Wildman–Crippen LogP) is 5.19. The maximum absolute atomic E-state index is 10.5. The zero-order valence-electron chi connectivity index (χ0n) is 15.2. The Hall–Kier alpha value is -0.300. The zero-order chi connectivity index (χ0) is 16.0. The Balaban J connectivity index is 1.44. The van der Waals surface area contributed by atoms with E-state index in [-0.39, 0.29) is 5.60 Å². The minimum Gasteiger partial charge on any atom is -0.390 e. The predicted molar refractivity (Wildman–Crippen MR) is 93.9 cm³/mol. The summed E-state index contributed by atoms with van der Waals surface area (Å²) in [5.41, 5.74) is 2.03. The van der Waals surface area contributed by atoms with Gasteiger partial charge in [0.15, 0.2) is 0 Å². The SMILES string of the molecule is C/C=C1\[C@H]2C[C@H]2[C@H]2[C@@H]3CC[C@@H]4C[C@](C)(O)CC[C@@H]4[C@H]3CC[C@]12C. The van der Waals surface area contributed by atoms with Gasteiger partial charge in [0.05, 0.1) is 5.60 Å². The van der Waals surface area contributed by atoms with Gasteiger partial charge in [0.2, 0.25) is 0 Å². The standard InChI is InChI=1S/C22H34O/c1-4-19-17-11-18(17)20-16-6-5-13-12-21(2,23)9-7-14(13)15(16)8-10-22(19,20)3/h4,13-18,20,23H,5-12H2,1-3H3/b19-4+/t13-,14+,15-,16-,17+,18-,20-,21-,22-/m1/s1. The first-order valence-electron chi connectivity index (χ1n) is 10.3. The molecule has 23 heavy (non-hydrogen) atoms. The molecule has 0 aromatic heterocycles. The maximum Gasteiger partial charge on any atom is 0.0622 e. The number of aliphatic hydroxyl groups is 1. The van der Waals surface area contributed by atoms with Crippen molar-refractivity contribution in [3.8, 4) is 0 Å². The minimum absolute atomic E-state index is 0.371. The summed E-state index contributed by atoms with van der Waals surface area (Å²) >= 11 is 0. The Morgan fingerprint density at radius 3 is 2.52 bits per heavy atom. The summed E-state index contributed by atoms with van der Waals surface area (Å²) in [4.78, 5) is 0. The van der Waals surface area contributed by atoms with Crippen LogP contribution in [0.1, 0.15) is 72.1 Å². The van der Waals surface area contributed by atoms with E-state index in [4.69, 9.17) is 0 Å². The molecule has 1 heteroatoms. The molecule has 0 spiro atoms. The van der Waals surface area contributed by atoms with Gasteiger partial charge in [-0.2, -0.15) is 0 Å². The van der Waals surface area contributed by atoms with Gasteiger partial charge >= 0.3 is 0 Å². The van der Waals surface area contributed by atoms with Crippen LogP contribution < -0.4 is 0 Å². The van der Waals surface area contributed by atoms with Gasteiger partial charge in [0.25, 0.3) is 0 Å². The van der Waals surface area contributed by atoms with Gasteiger partial charge in [0, 0.05) is 0 Å². The molecular formula is C22H34O. The van der Waals surface area contributed by atoms with E-state index >= 15 is 0 Å². The van der Waals surface area contributed by atoms with Gasteiger partial charge in [-0.05, 0) is 112 Å². The molecule has 128 valence electrons. The van der Waals surface area contributed by atoms with Gasteiger partial charge in [-0.15, -0.1) is 0 Å². The highest BCUT2D eigenvalue weighted by Gasteiger charge is 2.66. The molecule has 5 rings (SSSR count). The number of allylic oxidation sites excluding steroid dienone is 2. The Kier molecular flexibility index (Phi) is 3.03. The fraction of sp³-hybridized carbons (Fsp3) is 0.909. The van der Waals surface area contributed by atoms with Crippen molar-refractivity contribution < 1.29 is 5.11 Å². The van der Waals surface area contributed by atoms with Crippen LogP contribution >= 0.6 is 0 Å². The molecule has 5 aliphatic carbocycles. The second kappa shape index (κ2) is 4.65. The summed E-state index contributed by atoms with van der Waals surface area (Å²) in [6.07, 6.45) is 13.2. The number of fused-ring (bicyclic) bond motifs is 7. The second-order valence-corrected chi connectivity index (χ2v) is 10.3. The average Bonchev–Trinajstić information content (AvgIpc) is 3.21. The Morgan fingerprint density at radius 1 is 0.957 bits per heavy atom. The van der Waals surface area contributed by atoms with Crippen molar-refractivity contribution in [3.05, 3.63) is 11.6 Å². The maximum atomic E-state index is 10.5. The average molecular weight is 315 g/mol. The monoisotopic (exact) mass is 314 g/mol. The summed E-state index contributed by atoms with van der Waals surface area (Å²) in [6.45, 7) is 7.00. The lowest BCUT2D eigenvalue weighted by Crippen LogP contribution is -2.50. The fourth-order valence-electron chi connectivity index (χ4n) is 8.39. The van der Waals surface area contributed by atoms with Gasteiger partial charge in [-0.3, -0.25) is 0 Å². The molecule has 0 aliphatic heterocycles. The zero-order valence-corrected chi connectivity index (χ0v) is 15.2. The summed E-state index contributed by atoms with van der Waals surface area (Å²) < 4.78 is 0. The highest BCUT2D eigenvalue weighted by molar-refractivity contribution is 5.34. The molecule has 5 aliphatic rings. The van der Waals surface area contributed by atoms with E-state index in [1.54, 1.807) is 0 Å². The minimum atomic E-state index is -0.371. The number of rotatable bonds is 0. The second-order valence-electron chi connectivity index (χ2n) is 10.3. The molecule has 1 N–H and O–H groups in total. The normalized spacial score (nSPS) is 62.3. The molecule has 0 bridgehead atoms. The Morgan fingerprint density at radius 2 is 1.74 bits per heavy atom. The first kappa shape index (κ1) is 15.0. The third-order valence-electron chi connectivity index (χ3n) is 9.16. The van der Waals surface area contributed by atoms with E-state index in [2.05, 4.69) is 26.8 Å². The van der Waals surface area contributed by atoms with Crippen LogP contribution in [0.25, 0.3) is 0 Å². The van der Waals surface area contributed by atoms with E-state index in [0.717, 1.165) is 54.3 Å². The summed E-state index contributed by atoms with van der Waals surface area (Å²) in [5.74, 6) is 6.76. The molecule has 5 saturated carbocycles. The molecule has 0 saturated heterocycles. The van der Waals surface area contributed by atoms with E-state index in [9.17, 15) is 5.11 Å². The highest BCUT2D eigenvalue weighted by atomic mass is 16.3. The van der Waals surface area contributed by atoms with Gasteiger partial charge in [0.1, 0.15) is 0 Å². The molecule has 1 nitrogen and oxygen atoms in total. The fourth-order valence-corrected chi connectivity index (χ4v) is 8.39. The van der Waals surface area contributed by atoms with Crippen LogP contribution in [0.3, 0.4) is 0 Å². The van der Waals surface area contributed by atoms with Crippen LogP contribution in [0.15, 0.2) is 11.6 Å². The van der Waals surface area contributed by atoms with Crippen molar-refractivity contribution in [1.29, 1.82) is 0 Å². The van der Waals surface area contributed by atoms with Crippen molar-refractivity contribution in [1.82, 2.24) is 0 Å². The Labute approximate surface area is 141 Å². The van der Waals surface area contributed by atoms with Crippen molar-refractivity contribution in [3.63, 3.8) is 0 Å². The first-order valence-corrected chi connectivity index (χ1v) is 10.3. The van der Waals surface area contributed by atoms with Crippen LogP contribution in [0.2, 0.25) is 0 Å². The lowest BCUT2D eigenvalue weighted by atomic mass is 9.48. The van der Waals surface area contributed by atoms with Crippen LogP contribution in [0, 0.1) is 46.8 Å². The van der Waals surface area contributed by atoms with E-state index in [1.807, 2.05) is 5.57 Å². The lowest BCUT2D eigenvalue weighted by molar-refractivity contribution is -0.0940. The van der Waals surface area contributed by atoms with Crippen molar-refractivity contribution in [2.24, 2.45) is 46.8 Å². The highest BCUT2D eigenvalue weighted by Crippen LogP contribution is 2.74. The number of hydrogen-bond acceptors (Lipinski definition) is 1. The van der Waals surface area contributed by atoms with E-state index < -0.39 is 0 Å². The summed E-state index contributed by atoms with van der Waals surface area (Å²) in [6, 6.07) is 0. The molecule has 9 atom stereocenters. The molecular weight excluding hydrogens is 280 g/mol. The largest absolute Gasteiger partial charge is 0.390 e. The summed E-state index contributed by atoms with van der Waals surface area (Å²) in [7, 11) is 0. The third-order valence-corrected chi connectivity index (χ3v) is 9.16. The van der Waals surface area contributed by atoms with E-state index in [1.165, 1.54) is 38.5 Å². The van der Waals surface area contributed by atoms with Crippen molar-refractivity contribution in [2.75, 3.05) is 0 Å². The molecule has 0 aromatic carbocycles. The molecule has 5 fully saturated rings. The van der Waals surface area contributed by atoms with Gasteiger partial charge < -0.3 is 5.11 Å². The molecule has 0 heterocycles. The first-order chi connectivity index (χ1) is 10.9. The molecule has 0 aromatic rings. The Bertz CT molecular complexity index is 546. The number of hydrogen-bond donors (Lipinski definition) is 1. The quantitative estimate of drug-likeness (QED) is 0.610. The summed E-state index contributed by atoms with van der Waals surface area (Å²) in [5, 5.41) is 10.5. The van der Waals surface area contributed by atoms with Crippen LogP contribution in [0.4, 0.5) is 0 Å². The van der Waals surface area contributed by atoms with Crippen LogP contribution in [0.5, 0.6) is 0 Å². The van der Waals surface area contributed by atoms with E-state index in [0.29, 0.717) is 5.41 Å². The molecule has 0 radical (unpaired) electrons.